The Morgan fingerprint density at radius 3 is 2.50 bits per heavy atom. The molecule has 0 unspecified atom stereocenters. The Bertz CT molecular complexity index is 381. The fourth-order valence-corrected chi connectivity index (χ4v) is 3.43. The molecular weight excluding hydrogens is 286 g/mol. The number of nitrogens with one attached hydrogen (secondary N) is 1. The van der Waals surface area contributed by atoms with E-state index in [0.717, 1.165) is 6.54 Å². The summed E-state index contributed by atoms with van der Waals surface area (Å²) in [6, 6.07) is 7.35. The minimum Gasteiger partial charge on any atom is -0.310 e. The molecular formula is C16H24BrN. The highest BCUT2D eigenvalue weighted by molar-refractivity contribution is 9.10. The van der Waals surface area contributed by atoms with Crippen molar-refractivity contribution >= 4 is 15.9 Å². The average Bonchev–Trinajstić information content (AvgIpc) is 2.26. The van der Waals surface area contributed by atoms with E-state index in [1.54, 1.807) is 0 Å². The topological polar surface area (TPSA) is 12.0 Å². The molecule has 1 nitrogen and oxygen atoms in total. The van der Waals surface area contributed by atoms with E-state index >= 15 is 0 Å². The van der Waals surface area contributed by atoms with Gasteiger partial charge in [0, 0.05) is 17.1 Å². The Kier molecular flexibility index (Phi) is 4.50. The number of hydrogen-bond acceptors (Lipinski definition) is 1. The second-order valence-corrected chi connectivity index (χ2v) is 7.37. The van der Waals surface area contributed by atoms with Gasteiger partial charge in [-0.1, -0.05) is 35.8 Å². The van der Waals surface area contributed by atoms with E-state index in [1.807, 2.05) is 0 Å². The molecule has 18 heavy (non-hydrogen) atoms. The molecule has 1 N–H and O–H groups in total. The predicted molar refractivity (Wildman–Crippen MR) is 81.8 cm³/mol. The van der Waals surface area contributed by atoms with Crippen molar-refractivity contribution in [1.82, 2.24) is 5.32 Å². The zero-order chi connectivity index (χ0) is 13.2. The van der Waals surface area contributed by atoms with Crippen molar-refractivity contribution in [3.8, 4) is 0 Å². The van der Waals surface area contributed by atoms with Gasteiger partial charge in [-0.25, -0.2) is 0 Å². The Hall–Kier alpha value is -0.340. The van der Waals surface area contributed by atoms with Crippen LogP contribution in [0.2, 0.25) is 0 Å². The van der Waals surface area contributed by atoms with Crippen molar-refractivity contribution < 1.29 is 0 Å². The van der Waals surface area contributed by atoms with Crippen molar-refractivity contribution in [3.63, 3.8) is 0 Å². The number of hydrogen-bond donors (Lipinski definition) is 1. The van der Waals surface area contributed by atoms with Crippen molar-refractivity contribution in [2.24, 2.45) is 5.41 Å². The smallest absolute Gasteiger partial charge is 0.0208 e. The standard InChI is InChI=1S/C16H24BrN/c1-12-8-13(10-14(17)9-12)11-18-15-4-6-16(2,3)7-5-15/h8-10,15,18H,4-7,11H2,1-3H3. The third kappa shape index (κ3) is 4.10. The minimum absolute atomic E-state index is 0.560. The Morgan fingerprint density at radius 2 is 1.89 bits per heavy atom. The molecule has 0 heterocycles. The first kappa shape index (κ1) is 14.1. The molecule has 2 heteroatoms. The molecule has 1 aromatic carbocycles. The molecule has 1 aromatic rings. The van der Waals surface area contributed by atoms with Gasteiger partial charge in [-0.3, -0.25) is 0 Å². The predicted octanol–water partition coefficient (Wildman–Crippen LogP) is 4.82. The van der Waals surface area contributed by atoms with Gasteiger partial charge >= 0.3 is 0 Å². The van der Waals surface area contributed by atoms with Gasteiger partial charge in [0.2, 0.25) is 0 Å². The molecule has 0 spiro atoms. The molecule has 1 saturated carbocycles. The molecule has 2 rings (SSSR count). The molecule has 1 aliphatic rings. The van der Waals surface area contributed by atoms with Crippen LogP contribution < -0.4 is 5.32 Å². The highest BCUT2D eigenvalue weighted by Gasteiger charge is 2.26. The molecule has 0 bridgehead atoms. The van der Waals surface area contributed by atoms with E-state index in [9.17, 15) is 0 Å². The van der Waals surface area contributed by atoms with Crippen LogP contribution in [-0.4, -0.2) is 6.04 Å². The quantitative estimate of drug-likeness (QED) is 0.844. The summed E-state index contributed by atoms with van der Waals surface area (Å²) in [6.07, 6.45) is 5.34. The first-order valence-electron chi connectivity index (χ1n) is 6.94. The maximum atomic E-state index is 3.71. The van der Waals surface area contributed by atoms with E-state index in [4.69, 9.17) is 0 Å². The van der Waals surface area contributed by atoms with Crippen LogP contribution in [0.25, 0.3) is 0 Å². The summed E-state index contributed by atoms with van der Waals surface area (Å²) >= 11 is 3.57. The highest BCUT2D eigenvalue weighted by atomic mass is 79.9. The normalized spacial score (nSPS) is 20.0. The third-order valence-electron chi connectivity index (χ3n) is 4.04. The largest absolute Gasteiger partial charge is 0.310 e. The van der Waals surface area contributed by atoms with Crippen LogP contribution in [0.5, 0.6) is 0 Å². The van der Waals surface area contributed by atoms with Gasteiger partial charge < -0.3 is 5.32 Å². The average molecular weight is 310 g/mol. The summed E-state index contributed by atoms with van der Waals surface area (Å²) in [5, 5.41) is 3.71. The number of rotatable bonds is 3. The van der Waals surface area contributed by atoms with E-state index in [2.05, 4.69) is 60.2 Å². The van der Waals surface area contributed by atoms with Gasteiger partial charge in [0.1, 0.15) is 0 Å². The summed E-state index contributed by atoms with van der Waals surface area (Å²) in [4.78, 5) is 0. The van der Waals surface area contributed by atoms with Crippen LogP contribution in [0.3, 0.4) is 0 Å². The summed E-state index contributed by atoms with van der Waals surface area (Å²) in [5.41, 5.74) is 3.27. The number of aryl methyl sites for hydroxylation is 1. The lowest BCUT2D eigenvalue weighted by atomic mass is 9.75. The fourth-order valence-electron chi connectivity index (χ4n) is 2.78. The van der Waals surface area contributed by atoms with E-state index in [1.165, 1.54) is 41.3 Å². The Labute approximate surface area is 119 Å². The summed E-state index contributed by atoms with van der Waals surface area (Å²) in [7, 11) is 0. The summed E-state index contributed by atoms with van der Waals surface area (Å²) in [5.74, 6) is 0. The lowest BCUT2D eigenvalue weighted by Crippen LogP contribution is -2.35. The summed E-state index contributed by atoms with van der Waals surface area (Å²) in [6.45, 7) is 7.92. The maximum Gasteiger partial charge on any atom is 0.0208 e. The van der Waals surface area contributed by atoms with Gasteiger partial charge in [0.15, 0.2) is 0 Å². The fraction of sp³-hybridized carbons (Fsp3) is 0.625. The van der Waals surface area contributed by atoms with Crippen molar-refractivity contribution in [2.45, 2.75) is 59.0 Å². The molecule has 0 amide bonds. The van der Waals surface area contributed by atoms with Gasteiger partial charge in [-0.05, 0) is 61.3 Å². The van der Waals surface area contributed by atoms with Crippen LogP contribution in [0.15, 0.2) is 22.7 Å². The lowest BCUT2D eigenvalue weighted by Gasteiger charge is -2.34. The first-order chi connectivity index (χ1) is 8.44. The highest BCUT2D eigenvalue weighted by Crippen LogP contribution is 2.35. The van der Waals surface area contributed by atoms with Crippen LogP contribution in [-0.2, 0) is 6.54 Å². The molecule has 0 atom stereocenters. The molecule has 0 radical (unpaired) electrons. The van der Waals surface area contributed by atoms with E-state index in [0.29, 0.717) is 11.5 Å². The number of benzene rings is 1. The molecule has 100 valence electrons. The van der Waals surface area contributed by atoms with Crippen LogP contribution in [0.1, 0.15) is 50.7 Å². The van der Waals surface area contributed by atoms with Crippen molar-refractivity contribution in [2.75, 3.05) is 0 Å². The van der Waals surface area contributed by atoms with Crippen LogP contribution in [0, 0.1) is 12.3 Å². The van der Waals surface area contributed by atoms with Crippen molar-refractivity contribution in [1.29, 1.82) is 0 Å². The first-order valence-corrected chi connectivity index (χ1v) is 7.73. The molecule has 1 fully saturated rings. The lowest BCUT2D eigenvalue weighted by molar-refractivity contribution is 0.206. The van der Waals surface area contributed by atoms with Crippen LogP contribution in [0.4, 0.5) is 0 Å². The molecule has 1 aliphatic carbocycles. The van der Waals surface area contributed by atoms with Gasteiger partial charge in [0.05, 0.1) is 0 Å². The molecule has 0 saturated heterocycles. The van der Waals surface area contributed by atoms with Crippen molar-refractivity contribution in [3.05, 3.63) is 33.8 Å². The Morgan fingerprint density at radius 1 is 1.22 bits per heavy atom. The zero-order valence-electron chi connectivity index (χ0n) is 11.7. The van der Waals surface area contributed by atoms with Gasteiger partial charge in [-0.15, -0.1) is 0 Å². The second kappa shape index (κ2) is 5.75. The Balaban J connectivity index is 1.85. The van der Waals surface area contributed by atoms with Gasteiger partial charge in [-0.2, -0.15) is 0 Å². The van der Waals surface area contributed by atoms with E-state index < -0.39 is 0 Å². The number of halogens is 1. The monoisotopic (exact) mass is 309 g/mol. The van der Waals surface area contributed by atoms with Gasteiger partial charge in [0.25, 0.3) is 0 Å². The zero-order valence-corrected chi connectivity index (χ0v) is 13.3. The second-order valence-electron chi connectivity index (χ2n) is 6.46. The third-order valence-corrected chi connectivity index (χ3v) is 4.49. The molecule has 0 aliphatic heterocycles. The molecule has 0 aromatic heterocycles. The minimum atomic E-state index is 0.560. The van der Waals surface area contributed by atoms with E-state index in [-0.39, 0.29) is 0 Å². The summed E-state index contributed by atoms with van der Waals surface area (Å²) < 4.78 is 1.18. The maximum absolute atomic E-state index is 3.71. The van der Waals surface area contributed by atoms with Crippen LogP contribution >= 0.6 is 15.9 Å². The SMILES string of the molecule is Cc1cc(Br)cc(CNC2CCC(C)(C)CC2)c1.